The molecule has 1 atom stereocenters. The molecule has 25 heavy (non-hydrogen) atoms. The fraction of sp³-hybridized carbons (Fsp3) is 0.450. The van der Waals surface area contributed by atoms with E-state index in [1.165, 1.54) is 10.4 Å². The molecule has 0 spiro atoms. The van der Waals surface area contributed by atoms with E-state index in [1.54, 1.807) is 11.3 Å². The molecule has 2 aromatic rings. The molecule has 1 aliphatic heterocycles. The predicted octanol–water partition coefficient (Wildman–Crippen LogP) is 3.42. The van der Waals surface area contributed by atoms with Crippen molar-refractivity contribution in [3.8, 4) is 5.75 Å². The van der Waals surface area contributed by atoms with Gasteiger partial charge in [-0.05, 0) is 56.0 Å². The topological polar surface area (TPSA) is 32.8 Å². The van der Waals surface area contributed by atoms with Crippen molar-refractivity contribution >= 4 is 17.2 Å². The van der Waals surface area contributed by atoms with Crippen LogP contribution in [-0.4, -0.2) is 48.5 Å². The van der Waals surface area contributed by atoms with Gasteiger partial charge in [-0.1, -0.05) is 18.2 Å². The van der Waals surface area contributed by atoms with Gasteiger partial charge < -0.3 is 9.64 Å². The van der Waals surface area contributed by atoms with Crippen LogP contribution < -0.4 is 4.74 Å². The van der Waals surface area contributed by atoms with Crippen molar-refractivity contribution in [1.82, 2.24) is 9.80 Å². The molecule has 2 heterocycles. The lowest BCUT2D eigenvalue weighted by Gasteiger charge is -2.32. The van der Waals surface area contributed by atoms with Gasteiger partial charge in [-0.25, -0.2) is 0 Å². The van der Waals surface area contributed by atoms with Gasteiger partial charge in [0.05, 0.1) is 12.6 Å². The first-order valence-electron chi connectivity index (χ1n) is 8.87. The van der Waals surface area contributed by atoms with Crippen molar-refractivity contribution in [1.29, 1.82) is 0 Å². The molecule has 0 N–H and O–H groups in total. The number of fused-ring (bicyclic) bond motifs is 1. The van der Waals surface area contributed by atoms with Gasteiger partial charge in [0.2, 0.25) is 5.91 Å². The summed E-state index contributed by atoms with van der Waals surface area (Å²) in [6.45, 7) is 5.10. The van der Waals surface area contributed by atoms with Crippen LogP contribution in [0.4, 0.5) is 0 Å². The van der Waals surface area contributed by atoms with E-state index < -0.39 is 0 Å². The van der Waals surface area contributed by atoms with Gasteiger partial charge in [-0.2, -0.15) is 0 Å². The number of nitrogens with zero attached hydrogens (tertiary/aromatic N) is 2. The van der Waals surface area contributed by atoms with Crippen molar-refractivity contribution in [2.75, 3.05) is 26.7 Å². The molecule has 0 fully saturated rings. The molecule has 1 unspecified atom stereocenters. The summed E-state index contributed by atoms with van der Waals surface area (Å²) in [6.07, 6.45) is 1.89. The van der Waals surface area contributed by atoms with Gasteiger partial charge >= 0.3 is 0 Å². The van der Waals surface area contributed by atoms with Crippen molar-refractivity contribution in [2.24, 2.45) is 0 Å². The lowest BCUT2D eigenvalue weighted by Crippen LogP contribution is -2.47. The lowest BCUT2D eigenvalue weighted by molar-refractivity contribution is -0.136. The first-order valence-corrected chi connectivity index (χ1v) is 9.75. The number of hydrogen-bond donors (Lipinski definition) is 0. The second-order valence-corrected chi connectivity index (χ2v) is 7.55. The second-order valence-electron chi connectivity index (χ2n) is 6.55. The third kappa shape index (κ3) is 4.61. The zero-order chi connectivity index (χ0) is 17.6. The van der Waals surface area contributed by atoms with Gasteiger partial charge in [0.25, 0.3) is 0 Å². The summed E-state index contributed by atoms with van der Waals surface area (Å²) >= 11 is 1.80. The number of benzene rings is 1. The Balaban J connectivity index is 1.42. The Morgan fingerprint density at radius 1 is 1.32 bits per heavy atom. The number of amides is 1. The summed E-state index contributed by atoms with van der Waals surface area (Å²) < 4.78 is 5.72. The van der Waals surface area contributed by atoms with Crippen molar-refractivity contribution in [3.63, 3.8) is 0 Å². The molecule has 1 amide bonds. The molecule has 0 saturated carbocycles. The maximum Gasteiger partial charge on any atom is 0.239 e. The Morgan fingerprint density at radius 2 is 2.12 bits per heavy atom. The van der Waals surface area contributed by atoms with Crippen LogP contribution in [0.2, 0.25) is 0 Å². The lowest BCUT2D eigenvalue weighted by atomic mass is 10.1. The molecule has 0 aliphatic carbocycles. The van der Waals surface area contributed by atoms with Crippen molar-refractivity contribution in [2.45, 2.75) is 32.4 Å². The average Bonchev–Trinajstić information content (AvgIpc) is 3.12. The normalized spacial score (nSPS) is 15.1. The smallest absolute Gasteiger partial charge is 0.239 e. The first-order chi connectivity index (χ1) is 12.1. The van der Waals surface area contributed by atoms with E-state index in [0.29, 0.717) is 6.61 Å². The summed E-state index contributed by atoms with van der Waals surface area (Å²) in [5.74, 6) is 1.12. The quantitative estimate of drug-likeness (QED) is 0.711. The highest BCUT2D eigenvalue weighted by Crippen LogP contribution is 2.24. The summed E-state index contributed by atoms with van der Waals surface area (Å²) in [6, 6.07) is 11.9. The summed E-state index contributed by atoms with van der Waals surface area (Å²) in [4.78, 5) is 18.3. The average molecular weight is 359 g/mol. The van der Waals surface area contributed by atoms with E-state index in [0.717, 1.165) is 38.2 Å². The van der Waals surface area contributed by atoms with Gasteiger partial charge in [0.1, 0.15) is 5.75 Å². The highest BCUT2D eigenvalue weighted by Gasteiger charge is 2.27. The van der Waals surface area contributed by atoms with Crippen molar-refractivity contribution in [3.05, 3.63) is 52.2 Å². The SMILES string of the molecule is CC(C(=O)N1CCc2sccc2C1)N(C)CCCOc1ccccc1. The standard InChI is InChI=1S/C20H26N2O2S/c1-16(20(23)22-12-9-19-17(15-22)10-14-25-19)21(2)11-6-13-24-18-7-4-3-5-8-18/h3-5,7-8,10,14,16H,6,9,11-13,15H2,1-2H3. The van der Waals surface area contributed by atoms with Crippen LogP contribution in [0.5, 0.6) is 5.75 Å². The molecular formula is C20H26N2O2S. The van der Waals surface area contributed by atoms with Gasteiger partial charge in [-0.15, -0.1) is 11.3 Å². The largest absolute Gasteiger partial charge is 0.494 e. The Hall–Kier alpha value is -1.85. The highest BCUT2D eigenvalue weighted by atomic mass is 32.1. The summed E-state index contributed by atoms with van der Waals surface area (Å²) in [5, 5.41) is 2.13. The minimum Gasteiger partial charge on any atom is -0.494 e. The number of likely N-dealkylation sites (N-methyl/N-ethyl adjacent to an activating group) is 1. The van der Waals surface area contributed by atoms with Crippen molar-refractivity contribution < 1.29 is 9.53 Å². The van der Waals surface area contributed by atoms with Crippen LogP contribution in [-0.2, 0) is 17.8 Å². The molecule has 1 aromatic heterocycles. The van der Waals surface area contributed by atoms with Crippen LogP contribution in [0, 0.1) is 0 Å². The van der Waals surface area contributed by atoms with Gasteiger partial charge in [0.15, 0.2) is 0 Å². The zero-order valence-corrected chi connectivity index (χ0v) is 15.8. The minimum atomic E-state index is -0.100. The van der Waals surface area contributed by atoms with E-state index in [9.17, 15) is 4.79 Å². The number of ether oxygens (including phenoxy) is 1. The number of rotatable bonds is 7. The number of hydrogen-bond acceptors (Lipinski definition) is 4. The molecular weight excluding hydrogens is 332 g/mol. The maximum absolute atomic E-state index is 12.8. The molecule has 4 nitrogen and oxygen atoms in total. The predicted molar refractivity (Wildman–Crippen MR) is 102 cm³/mol. The van der Waals surface area contributed by atoms with E-state index >= 15 is 0 Å². The van der Waals surface area contributed by atoms with Crippen LogP contribution in [0.25, 0.3) is 0 Å². The Morgan fingerprint density at radius 3 is 2.92 bits per heavy atom. The molecule has 0 saturated heterocycles. The molecule has 5 heteroatoms. The fourth-order valence-electron chi connectivity index (χ4n) is 3.10. The Labute approximate surface area is 154 Å². The monoisotopic (exact) mass is 358 g/mol. The van der Waals surface area contributed by atoms with Crippen LogP contribution >= 0.6 is 11.3 Å². The summed E-state index contributed by atoms with van der Waals surface area (Å²) in [7, 11) is 2.02. The third-order valence-electron chi connectivity index (χ3n) is 4.80. The molecule has 1 aromatic carbocycles. The molecule has 1 aliphatic rings. The van der Waals surface area contributed by atoms with E-state index in [1.807, 2.05) is 49.2 Å². The van der Waals surface area contributed by atoms with Crippen LogP contribution in [0.1, 0.15) is 23.8 Å². The molecule has 0 bridgehead atoms. The third-order valence-corrected chi connectivity index (χ3v) is 5.83. The van der Waals surface area contributed by atoms with Gasteiger partial charge in [0, 0.05) is 24.5 Å². The summed E-state index contributed by atoms with van der Waals surface area (Å²) in [5.41, 5.74) is 1.32. The van der Waals surface area contributed by atoms with E-state index in [-0.39, 0.29) is 11.9 Å². The van der Waals surface area contributed by atoms with E-state index in [4.69, 9.17) is 4.74 Å². The highest BCUT2D eigenvalue weighted by molar-refractivity contribution is 7.10. The van der Waals surface area contributed by atoms with E-state index in [2.05, 4.69) is 16.3 Å². The number of carbonyl (C=O) groups excluding carboxylic acids is 1. The van der Waals surface area contributed by atoms with Gasteiger partial charge in [-0.3, -0.25) is 9.69 Å². The second kappa shape index (κ2) is 8.50. The Bertz CT molecular complexity index is 686. The Kier molecular flexibility index (Phi) is 6.10. The number of carbonyl (C=O) groups is 1. The number of para-hydroxylation sites is 1. The molecule has 0 radical (unpaired) electrons. The number of thiophene rings is 1. The minimum absolute atomic E-state index is 0.100. The van der Waals surface area contributed by atoms with Crippen LogP contribution in [0.15, 0.2) is 41.8 Å². The fourth-order valence-corrected chi connectivity index (χ4v) is 3.99. The first kappa shape index (κ1) is 18.0. The maximum atomic E-state index is 12.8. The van der Waals surface area contributed by atoms with Crippen LogP contribution in [0.3, 0.4) is 0 Å². The molecule has 134 valence electrons. The molecule has 3 rings (SSSR count). The zero-order valence-electron chi connectivity index (χ0n) is 15.0.